The second-order valence-electron chi connectivity index (χ2n) is 6.57. The predicted octanol–water partition coefficient (Wildman–Crippen LogP) is 5.68. The molecule has 0 aliphatic heterocycles. The Morgan fingerprint density at radius 2 is 1.71 bits per heavy atom. The van der Waals surface area contributed by atoms with Crippen LogP contribution in [0.3, 0.4) is 0 Å². The molecule has 0 amide bonds. The van der Waals surface area contributed by atoms with Gasteiger partial charge in [-0.05, 0) is 64.9 Å². The Kier molecular flexibility index (Phi) is 8.60. The van der Waals surface area contributed by atoms with Gasteiger partial charge in [-0.1, -0.05) is 12.1 Å². The molecule has 186 valence electrons. The van der Waals surface area contributed by atoms with Crippen LogP contribution in [0.5, 0.6) is 11.5 Å². The van der Waals surface area contributed by atoms with Crippen LogP contribution in [0.1, 0.15) is 28.4 Å². The summed E-state index contributed by atoms with van der Waals surface area (Å²) < 4.78 is 101. The third kappa shape index (κ3) is 6.42. The molecule has 0 saturated heterocycles. The largest absolute Gasteiger partial charge is 0.490 e. The summed E-state index contributed by atoms with van der Waals surface area (Å²) in [4.78, 5) is 10.9. The minimum absolute atomic E-state index is 0.0176. The summed E-state index contributed by atoms with van der Waals surface area (Å²) in [5.74, 6) is -7.07. The van der Waals surface area contributed by atoms with Crippen molar-refractivity contribution in [3.05, 3.63) is 56.7 Å². The molecular weight excluding hydrogens is 592 g/mol. The maximum absolute atomic E-state index is 13.3. The molecule has 6 nitrogen and oxygen atoms in total. The van der Waals surface area contributed by atoms with Gasteiger partial charge in [0.2, 0.25) is 0 Å². The second kappa shape index (κ2) is 10.7. The Morgan fingerprint density at radius 3 is 2.24 bits per heavy atom. The van der Waals surface area contributed by atoms with Crippen LogP contribution in [0.4, 0.5) is 30.7 Å². The molecule has 0 fully saturated rings. The first-order chi connectivity index (χ1) is 15.7. The Hall–Kier alpha value is -2.78. The number of carboxylic acids is 1. The summed E-state index contributed by atoms with van der Waals surface area (Å²) in [6.45, 7) is 1.82. The van der Waals surface area contributed by atoms with Gasteiger partial charge in [0.1, 0.15) is 6.61 Å². The molecule has 0 aliphatic rings. The van der Waals surface area contributed by atoms with Crippen LogP contribution in [0.25, 0.3) is 0 Å². The van der Waals surface area contributed by atoms with Crippen LogP contribution >= 0.6 is 22.6 Å². The monoisotopic (exact) mass is 608 g/mol. The Morgan fingerprint density at radius 1 is 1.09 bits per heavy atom. The van der Waals surface area contributed by atoms with E-state index in [1.165, 1.54) is 24.3 Å². The van der Waals surface area contributed by atoms with Crippen molar-refractivity contribution in [1.82, 2.24) is 5.43 Å². The summed E-state index contributed by atoms with van der Waals surface area (Å²) in [6.07, 6.45) is -5.86. The average Bonchev–Trinajstić information content (AvgIpc) is 2.72. The van der Waals surface area contributed by atoms with Crippen molar-refractivity contribution >= 4 is 34.8 Å². The van der Waals surface area contributed by atoms with Gasteiger partial charge in [-0.25, -0.2) is 10.2 Å². The minimum Gasteiger partial charge on any atom is -0.490 e. The molecule has 0 aromatic heterocycles. The molecule has 2 rings (SSSR count). The number of rotatable bonds is 10. The zero-order chi connectivity index (χ0) is 25.7. The normalized spacial score (nSPS) is 12.6. The predicted molar refractivity (Wildman–Crippen MR) is 115 cm³/mol. The van der Waals surface area contributed by atoms with E-state index >= 15 is 0 Å². The van der Waals surface area contributed by atoms with Crippen LogP contribution in [0.2, 0.25) is 0 Å². The van der Waals surface area contributed by atoms with Gasteiger partial charge in [-0.15, -0.1) is 0 Å². The molecule has 0 heterocycles. The fourth-order valence-electron chi connectivity index (χ4n) is 2.40. The van der Waals surface area contributed by atoms with Crippen LogP contribution in [0, 0.1) is 3.57 Å². The summed E-state index contributed by atoms with van der Waals surface area (Å²) in [5, 5.41) is 11.8. The minimum atomic E-state index is -6.48. The van der Waals surface area contributed by atoms with Crippen molar-refractivity contribution in [1.29, 1.82) is 0 Å². The number of nitrogens with zero attached hydrogens (tertiary/aromatic N) is 1. The lowest BCUT2D eigenvalue weighted by molar-refractivity contribution is -0.361. The van der Waals surface area contributed by atoms with Crippen LogP contribution < -0.4 is 14.9 Å². The maximum atomic E-state index is 13.3. The van der Waals surface area contributed by atoms with Crippen LogP contribution in [-0.4, -0.2) is 42.0 Å². The molecule has 0 spiro atoms. The van der Waals surface area contributed by atoms with Crippen molar-refractivity contribution in [2.75, 3.05) is 6.61 Å². The highest BCUT2D eigenvalue weighted by Crippen LogP contribution is 2.45. The number of hydrogen-bond donors (Lipinski definition) is 2. The summed E-state index contributed by atoms with van der Waals surface area (Å²) >= 11 is 1.82. The Labute approximate surface area is 201 Å². The van der Waals surface area contributed by atoms with E-state index in [0.29, 0.717) is 20.8 Å². The molecule has 2 N–H and O–H groups in total. The van der Waals surface area contributed by atoms with E-state index in [0.717, 1.165) is 0 Å². The number of benzene rings is 2. The van der Waals surface area contributed by atoms with E-state index in [2.05, 4.69) is 5.10 Å². The number of carboxylic acid groups (broad SMARTS) is 1. The third-order valence-corrected chi connectivity index (χ3v) is 4.89. The zero-order valence-corrected chi connectivity index (χ0v) is 19.3. The maximum Gasteiger partial charge on any atom is 0.462 e. The van der Waals surface area contributed by atoms with Gasteiger partial charge in [0.15, 0.2) is 11.5 Å². The van der Waals surface area contributed by atoms with Gasteiger partial charge < -0.3 is 14.6 Å². The molecule has 0 bridgehead atoms. The van der Waals surface area contributed by atoms with Gasteiger partial charge >= 0.3 is 24.1 Å². The quantitative estimate of drug-likeness (QED) is 0.119. The number of carbonyl (C=O) groups is 1. The van der Waals surface area contributed by atoms with E-state index in [1.807, 2.05) is 22.6 Å². The van der Waals surface area contributed by atoms with Gasteiger partial charge in [0.25, 0.3) is 0 Å². The van der Waals surface area contributed by atoms with Gasteiger partial charge in [-0.2, -0.15) is 35.8 Å². The van der Waals surface area contributed by atoms with Crippen molar-refractivity contribution < 1.29 is 50.1 Å². The molecule has 2 aromatic rings. The van der Waals surface area contributed by atoms with Crippen molar-refractivity contribution in [2.45, 2.75) is 31.7 Å². The SMILES string of the molecule is CCOc1cc(/C=N/NC(F)(F)C(F)(F)C(F)(F)F)cc(I)c1OCc1ccc(C(=O)O)cc1. The van der Waals surface area contributed by atoms with E-state index in [-0.39, 0.29) is 35.8 Å². The molecule has 0 unspecified atom stereocenters. The third-order valence-electron chi connectivity index (χ3n) is 4.08. The molecule has 34 heavy (non-hydrogen) atoms. The molecule has 0 radical (unpaired) electrons. The van der Waals surface area contributed by atoms with E-state index in [1.54, 1.807) is 19.1 Å². The van der Waals surface area contributed by atoms with Crippen molar-refractivity contribution in [3.8, 4) is 11.5 Å². The fourth-order valence-corrected chi connectivity index (χ4v) is 3.18. The van der Waals surface area contributed by atoms with E-state index in [9.17, 15) is 35.5 Å². The number of ether oxygens (including phenoxy) is 2. The highest BCUT2D eigenvalue weighted by atomic mass is 127. The van der Waals surface area contributed by atoms with Gasteiger partial charge in [0, 0.05) is 0 Å². The summed E-state index contributed by atoms with van der Waals surface area (Å²) in [7, 11) is 0. The Bertz CT molecular complexity index is 1040. The average molecular weight is 608 g/mol. The highest BCUT2D eigenvalue weighted by molar-refractivity contribution is 14.1. The first-order valence-corrected chi connectivity index (χ1v) is 10.3. The van der Waals surface area contributed by atoms with E-state index in [4.69, 9.17) is 14.6 Å². The number of hydrogen-bond acceptors (Lipinski definition) is 5. The Balaban J connectivity index is 2.20. The number of hydrazone groups is 1. The first-order valence-electron chi connectivity index (χ1n) is 9.23. The molecule has 2 aromatic carbocycles. The number of nitrogens with one attached hydrogen (secondary N) is 1. The lowest BCUT2D eigenvalue weighted by Crippen LogP contribution is -2.58. The molecule has 0 aliphatic carbocycles. The molecular formula is C20H16F7IN2O4. The fraction of sp³-hybridized carbons (Fsp3) is 0.300. The molecule has 0 saturated carbocycles. The summed E-state index contributed by atoms with van der Waals surface area (Å²) in [5.41, 5.74) is 1.31. The van der Waals surface area contributed by atoms with Gasteiger partial charge in [-0.3, -0.25) is 0 Å². The smallest absolute Gasteiger partial charge is 0.462 e. The van der Waals surface area contributed by atoms with Crippen molar-refractivity contribution in [2.24, 2.45) is 5.10 Å². The standard InChI is InChI=1S/C20H16F7IN2O4/c1-2-33-15-8-12(9-29-30-20(26,27)18(21,22)19(23,24)25)7-14(28)16(15)34-10-11-3-5-13(6-4-11)17(31)32/h3-9,30H,2,10H2,1H3,(H,31,32)/b29-9+. The summed E-state index contributed by atoms with van der Waals surface area (Å²) in [6, 6.07) is 2.79. The number of alkyl halides is 7. The topological polar surface area (TPSA) is 80.1 Å². The number of halogens is 8. The van der Waals surface area contributed by atoms with E-state index < -0.39 is 24.1 Å². The van der Waals surface area contributed by atoms with Crippen LogP contribution in [-0.2, 0) is 6.61 Å². The zero-order valence-electron chi connectivity index (χ0n) is 17.1. The van der Waals surface area contributed by atoms with Gasteiger partial charge in [0.05, 0.1) is 22.0 Å². The molecule has 14 heteroatoms. The second-order valence-corrected chi connectivity index (χ2v) is 7.73. The number of aromatic carboxylic acids is 1. The highest BCUT2D eigenvalue weighted by Gasteiger charge is 2.73. The lowest BCUT2D eigenvalue weighted by atomic mass is 10.1. The molecule has 0 atom stereocenters. The van der Waals surface area contributed by atoms with Crippen molar-refractivity contribution in [3.63, 3.8) is 0 Å². The lowest BCUT2D eigenvalue weighted by Gasteiger charge is -2.27. The van der Waals surface area contributed by atoms with Crippen LogP contribution in [0.15, 0.2) is 41.5 Å². The first kappa shape index (κ1) is 27.5.